The van der Waals surface area contributed by atoms with Gasteiger partial charge in [-0.2, -0.15) is 0 Å². The summed E-state index contributed by atoms with van der Waals surface area (Å²) in [6, 6.07) is -0.931. The van der Waals surface area contributed by atoms with Gasteiger partial charge in [0.1, 0.15) is 48.8 Å². The first-order valence-corrected chi connectivity index (χ1v) is 30.9. The molecular weight excluding hydrogens is 967 g/mol. The Morgan fingerprint density at radius 1 is 0.487 bits per heavy atom. The molecule has 12 atom stereocenters. The van der Waals surface area contributed by atoms with Crippen LogP contribution in [0.25, 0.3) is 0 Å². The summed E-state index contributed by atoms with van der Waals surface area (Å²) in [7, 11) is 0. The zero-order valence-corrected chi connectivity index (χ0v) is 47.7. The maximum absolute atomic E-state index is 13.2. The van der Waals surface area contributed by atoms with Crippen LogP contribution < -0.4 is 5.32 Å². The average molecular weight is 1080 g/mol. The van der Waals surface area contributed by atoms with Crippen LogP contribution in [0, 0.1) is 0 Å². The molecule has 0 aliphatic carbocycles. The summed E-state index contributed by atoms with van der Waals surface area (Å²) < 4.78 is 22.7. The lowest BCUT2D eigenvalue weighted by Crippen LogP contribution is -2.65. The highest BCUT2D eigenvalue weighted by Crippen LogP contribution is 2.30. The average Bonchev–Trinajstić information content (AvgIpc) is 3.42. The van der Waals surface area contributed by atoms with Crippen molar-refractivity contribution in [2.24, 2.45) is 0 Å². The van der Waals surface area contributed by atoms with Crippen LogP contribution in [0.5, 0.6) is 0 Å². The molecule has 0 bridgehead atoms. The van der Waals surface area contributed by atoms with Gasteiger partial charge < -0.3 is 65.1 Å². The lowest BCUT2D eigenvalue weighted by Gasteiger charge is -2.46. The van der Waals surface area contributed by atoms with Gasteiger partial charge in [0.2, 0.25) is 5.91 Å². The van der Waals surface area contributed by atoms with Crippen molar-refractivity contribution < 1.29 is 64.6 Å². The van der Waals surface area contributed by atoms with Gasteiger partial charge in [-0.1, -0.05) is 236 Å². The molecule has 0 aromatic heterocycles. The van der Waals surface area contributed by atoms with Crippen molar-refractivity contribution >= 4 is 5.91 Å². The summed E-state index contributed by atoms with van der Waals surface area (Å²) in [4.78, 5) is 13.2. The highest BCUT2D eigenvalue weighted by atomic mass is 16.7. The molecule has 0 aromatic rings. The molecule has 76 heavy (non-hydrogen) atoms. The maximum Gasteiger partial charge on any atom is 0.220 e. The quantitative estimate of drug-likeness (QED) is 0.0204. The van der Waals surface area contributed by atoms with Crippen LogP contribution in [0.15, 0.2) is 48.6 Å². The van der Waals surface area contributed by atoms with Crippen molar-refractivity contribution in [3.05, 3.63) is 48.6 Å². The summed E-state index contributed by atoms with van der Waals surface area (Å²) in [5.74, 6) is -0.268. The topological polar surface area (TPSA) is 228 Å². The van der Waals surface area contributed by atoms with Gasteiger partial charge in [0, 0.05) is 6.42 Å². The van der Waals surface area contributed by atoms with E-state index >= 15 is 0 Å². The fourth-order valence-corrected chi connectivity index (χ4v) is 10.1. The van der Waals surface area contributed by atoms with Gasteiger partial charge in [-0.25, -0.2) is 0 Å². The largest absolute Gasteiger partial charge is 0.394 e. The van der Waals surface area contributed by atoms with Crippen LogP contribution in [0.4, 0.5) is 0 Å². The predicted molar refractivity (Wildman–Crippen MR) is 304 cm³/mol. The number of ether oxygens (including phenoxy) is 4. The molecule has 2 aliphatic heterocycles. The molecule has 2 saturated heterocycles. The van der Waals surface area contributed by atoms with Crippen LogP contribution in [0.2, 0.25) is 0 Å². The molecule has 9 N–H and O–H groups in total. The molecule has 2 fully saturated rings. The highest BCUT2D eigenvalue weighted by molar-refractivity contribution is 5.76. The summed E-state index contributed by atoms with van der Waals surface area (Å²) in [5.41, 5.74) is 0. The number of aliphatic hydroxyl groups is 8. The minimum absolute atomic E-state index is 0.245. The number of carbonyl (C=O) groups is 1. The molecule has 14 heteroatoms. The molecule has 444 valence electrons. The van der Waals surface area contributed by atoms with Crippen molar-refractivity contribution in [2.75, 3.05) is 19.8 Å². The molecule has 1 amide bonds. The van der Waals surface area contributed by atoms with Gasteiger partial charge in [0.25, 0.3) is 0 Å². The number of amides is 1. The van der Waals surface area contributed by atoms with Gasteiger partial charge in [-0.15, -0.1) is 0 Å². The lowest BCUT2D eigenvalue weighted by atomic mass is 9.97. The molecule has 0 spiro atoms. The third-order valence-corrected chi connectivity index (χ3v) is 15.0. The van der Waals surface area contributed by atoms with E-state index in [1.807, 2.05) is 6.08 Å². The molecular formula is C62H113NO13. The fraction of sp³-hybridized carbons (Fsp3) is 0.855. The number of carbonyl (C=O) groups excluding carboxylic acids is 1. The number of aliphatic hydroxyl groups excluding tert-OH is 8. The van der Waals surface area contributed by atoms with E-state index in [2.05, 4.69) is 55.6 Å². The second-order valence-corrected chi connectivity index (χ2v) is 21.8. The van der Waals surface area contributed by atoms with Gasteiger partial charge in [-0.3, -0.25) is 4.79 Å². The minimum Gasteiger partial charge on any atom is -0.394 e. The number of allylic oxidation sites excluding steroid dienone is 7. The highest BCUT2D eigenvalue weighted by Gasteiger charge is 2.51. The Bertz CT molecular complexity index is 1460. The first-order chi connectivity index (χ1) is 37.1. The van der Waals surface area contributed by atoms with E-state index in [-0.39, 0.29) is 18.9 Å². The van der Waals surface area contributed by atoms with Gasteiger partial charge >= 0.3 is 0 Å². The van der Waals surface area contributed by atoms with Crippen molar-refractivity contribution in [1.29, 1.82) is 0 Å². The third-order valence-electron chi connectivity index (χ3n) is 15.0. The number of nitrogens with one attached hydrogen (secondary N) is 1. The van der Waals surface area contributed by atoms with Gasteiger partial charge in [0.15, 0.2) is 12.6 Å². The second-order valence-electron chi connectivity index (χ2n) is 21.8. The Balaban J connectivity index is 1.70. The SMILES string of the molecule is CC/C=C\C/C=C\C/C=C\CCCCCC(=O)NC(COC1OC(CO)C(OC2OC(CO)C(O)C(O)C2O)C(O)C1O)C(O)/C=C/CCCCCCCCCCCCCCCCCCCCCCCCCCCCC. The fourth-order valence-electron chi connectivity index (χ4n) is 10.1. The van der Waals surface area contributed by atoms with Crippen molar-refractivity contribution in [2.45, 2.75) is 319 Å². The monoisotopic (exact) mass is 1080 g/mol. The Morgan fingerprint density at radius 2 is 0.908 bits per heavy atom. The number of unbranched alkanes of at least 4 members (excludes halogenated alkanes) is 30. The summed E-state index contributed by atoms with van der Waals surface area (Å²) >= 11 is 0. The molecule has 0 aromatic carbocycles. The third kappa shape index (κ3) is 32.9. The van der Waals surface area contributed by atoms with Crippen molar-refractivity contribution in [3.8, 4) is 0 Å². The van der Waals surface area contributed by atoms with Crippen LogP contribution in [-0.4, -0.2) is 140 Å². The zero-order valence-electron chi connectivity index (χ0n) is 47.7. The molecule has 2 aliphatic rings. The van der Waals surface area contributed by atoms with E-state index in [4.69, 9.17) is 18.9 Å². The number of hydrogen-bond acceptors (Lipinski definition) is 13. The van der Waals surface area contributed by atoms with E-state index in [9.17, 15) is 45.6 Å². The minimum atomic E-state index is -1.79. The molecule has 14 nitrogen and oxygen atoms in total. The molecule has 2 heterocycles. The van der Waals surface area contributed by atoms with Crippen molar-refractivity contribution in [1.82, 2.24) is 5.32 Å². The van der Waals surface area contributed by atoms with E-state index in [1.165, 1.54) is 161 Å². The summed E-state index contributed by atoms with van der Waals surface area (Å²) in [6.45, 7) is 2.67. The molecule has 2 rings (SSSR count). The van der Waals surface area contributed by atoms with E-state index in [0.717, 1.165) is 57.8 Å². The Morgan fingerprint density at radius 3 is 1.39 bits per heavy atom. The lowest BCUT2D eigenvalue weighted by molar-refractivity contribution is -0.359. The van der Waals surface area contributed by atoms with Crippen LogP contribution in [-0.2, 0) is 23.7 Å². The smallest absolute Gasteiger partial charge is 0.220 e. The van der Waals surface area contributed by atoms with E-state index in [1.54, 1.807) is 6.08 Å². The molecule has 12 unspecified atom stereocenters. The van der Waals surface area contributed by atoms with E-state index < -0.39 is 86.8 Å². The maximum atomic E-state index is 13.2. The molecule has 0 saturated carbocycles. The Hall–Kier alpha value is -2.05. The Kier molecular flexibility index (Phi) is 44.0. The standard InChI is InChI=1S/C62H113NO13/c1-3-5-7-9-11-13-15-17-18-19-20-21-22-23-24-25-26-27-28-29-30-31-32-34-35-37-39-41-43-45-51(66)50(63-54(67)46-44-42-40-38-36-33-16-14-12-10-8-6-4-2)49-73-61-59(72)57(70)60(53(48-65)75-61)76-62-58(71)56(69)55(68)52(47-64)74-62/h6,8,12,14,33,36,43,45,50-53,55-62,64-66,68-72H,3-5,7,9-11,13,15-32,34-35,37-42,44,46-49H2,1-2H3,(H,63,67)/b8-6-,14-12-,36-33-,45-43+. The van der Waals surface area contributed by atoms with Gasteiger partial charge in [-0.05, 0) is 51.4 Å². The number of rotatable bonds is 49. The first kappa shape index (κ1) is 70.1. The van der Waals surface area contributed by atoms with Crippen molar-refractivity contribution in [3.63, 3.8) is 0 Å². The zero-order chi connectivity index (χ0) is 55.3. The summed E-state index contributed by atoms with van der Waals surface area (Å²) in [5, 5.41) is 87.0. The summed E-state index contributed by atoms with van der Waals surface area (Å²) in [6.07, 6.45) is 43.2. The second kappa shape index (κ2) is 47.7. The van der Waals surface area contributed by atoms with Crippen LogP contribution >= 0.6 is 0 Å². The predicted octanol–water partition coefficient (Wildman–Crippen LogP) is 10.8. The normalized spacial score (nSPS) is 25.2. The van der Waals surface area contributed by atoms with E-state index in [0.29, 0.717) is 6.42 Å². The van der Waals surface area contributed by atoms with Gasteiger partial charge in [0.05, 0.1) is 32.0 Å². The Labute approximate surface area is 461 Å². The molecule has 0 radical (unpaired) electrons. The van der Waals surface area contributed by atoms with Crippen LogP contribution in [0.3, 0.4) is 0 Å². The van der Waals surface area contributed by atoms with Crippen LogP contribution in [0.1, 0.15) is 245 Å². The first-order valence-electron chi connectivity index (χ1n) is 30.9. The number of hydrogen-bond donors (Lipinski definition) is 9.